The summed E-state index contributed by atoms with van der Waals surface area (Å²) in [6, 6.07) is 12.6. The highest BCUT2D eigenvalue weighted by atomic mass is 32.1. The van der Waals surface area contributed by atoms with E-state index >= 15 is 0 Å². The maximum atomic E-state index is 12.8. The van der Waals surface area contributed by atoms with Gasteiger partial charge in [0.2, 0.25) is 0 Å². The molecule has 0 aliphatic rings. The Kier molecular flexibility index (Phi) is 6.75. The third-order valence-corrected chi connectivity index (χ3v) is 4.43. The van der Waals surface area contributed by atoms with Gasteiger partial charge in [-0.25, -0.2) is 14.2 Å². The molecule has 0 saturated heterocycles. The standard InChI is InChI=1S/C20H17FN2O5S/c1-26-15-6-2-13(3-7-15)17-12-29-20(22-17)23-18(24)10-28-19(25)11-27-16-8-4-14(21)5-9-16/h2-9,12H,10-11H2,1H3,(H,22,23,24). The van der Waals surface area contributed by atoms with Crippen molar-refractivity contribution in [1.82, 2.24) is 4.98 Å². The number of benzene rings is 2. The quantitative estimate of drug-likeness (QED) is 0.566. The van der Waals surface area contributed by atoms with Crippen LogP contribution in [0.15, 0.2) is 53.9 Å². The van der Waals surface area contributed by atoms with Gasteiger partial charge >= 0.3 is 5.97 Å². The summed E-state index contributed by atoms with van der Waals surface area (Å²) < 4.78 is 27.9. The molecule has 1 aromatic heterocycles. The lowest BCUT2D eigenvalue weighted by Crippen LogP contribution is -2.23. The van der Waals surface area contributed by atoms with Crippen LogP contribution >= 0.6 is 11.3 Å². The number of carbonyl (C=O) groups excluding carboxylic acids is 2. The number of esters is 1. The zero-order valence-electron chi connectivity index (χ0n) is 15.4. The molecule has 0 saturated carbocycles. The Balaban J connectivity index is 1.43. The van der Waals surface area contributed by atoms with Crippen LogP contribution in [-0.2, 0) is 14.3 Å². The van der Waals surface area contributed by atoms with Crippen molar-refractivity contribution in [1.29, 1.82) is 0 Å². The number of thiazole rings is 1. The highest BCUT2D eigenvalue weighted by Crippen LogP contribution is 2.26. The minimum absolute atomic E-state index is 0.321. The molecule has 0 fully saturated rings. The summed E-state index contributed by atoms with van der Waals surface area (Å²) in [6.45, 7) is -0.860. The minimum Gasteiger partial charge on any atom is -0.497 e. The van der Waals surface area contributed by atoms with Gasteiger partial charge in [0.05, 0.1) is 12.8 Å². The summed E-state index contributed by atoms with van der Waals surface area (Å²) in [5.41, 5.74) is 1.59. The molecule has 0 aliphatic heterocycles. The fourth-order valence-corrected chi connectivity index (χ4v) is 2.98. The summed E-state index contributed by atoms with van der Waals surface area (Å²) in [7, 11) is 1.59. The minimum atomic E-state index is -0.720. The first-order valence-corrected chi connectivity index (χ1v) is 9.35. The van der Waals surface area contributed by atoms with E-state index in [-0.39, 0.29) is 0 Å². The molecule has 29 heavy (non-hydrogen) atoms. The second kappa shape index (κ2) is 9.65. The van der Waals surface area contributed by atoms with Crippen molar-refractivity contribution in [2.45, 2.75) is 0 Å². The van der Waals surface area contributed by atoms with Gasteiger partial charge in [-0.15, -0.1) is 11.3 Å². The summed E-state index contributed by atoms with van der Waals surface area (Å²) in [4.78, 5) is 27.9. The molecular formula is C20H17FN2O5S. The van der Waals surface area contributed by atoms with Crippen LogP contribution in [0.1, 0.15) is 0 Å². The number of methoxy groups -OCH3 is 1. The van der Waals surface area contributed by atoms with Crippen molar-refractivity contribution in [2.75, 3.05) is 25.6 Å². The number of hydrogen-bond acceptors (Lipinski definition) is 7. The van der Waals surface area contributed by atoms with Crippen molar-refractivity contribution < 1.29 is 28.2 Å². The predicted molar refractivity (Wildman–Crippen MR) is 106 cm³/mol. The van der Waals surface area contributed by atoms with Crippen LogP contribution in [-0.4, -0.2) is 37.2 Å². The second-order valence-electron chi connectivity index (χ2n) is 5.72. The van der Waals surface area contributed by atoms with Crippen LogP contribution in [0.4, 0.5) is 9.52 Å². The molecule has 1 amide bonds. The number of ether oxygens (including phenoxy) is 3. The fraction of sp³-hybridized carbons (Fsp3) is 0.150. The zero-order chi connectivity index (χ0) is 20.6. The molecule has 3 rings (SSSR count). The van der Waals surface area contributed by atoms with Crippen LogP contribution in [0.2, 0.25) is 0 Å². The maximum absolute atomic E-state index is 12.8. The molecule has 0 atom stereocenters. The summed E-state index contributed by atoms with van der Waals surface area (Å²) in [5.74, 6) is -0.586. The molecule has 0 radical (unpaired) electrons. The largest absolute Gasteiger partial charge is 0.497 e. The van der Waals surface area contributed by atoms with Crippen molar-refractivity contribution in [3.05, 3.63) is 59.7 Å². The van der Waals surface area contributed by atoms with Crippen molar-refractivity contribution in [3.63, 3.8) is 0 Å². The number of hydrogen-bond donors (Lipinski definition) is 1. The normalized spacial score (nSPS) is 10.3. The highest BCUT2D eigenvalue weighted by molar-refractivity contribution is 7.14. The van der Waals surface area contributed by atoms with E-state index in [1.54, 1.807) is 12.5 Å². The van der Waals surface area contributed by atoms with Crippen molar-refractivity contribution >= 4 is 28.3 Å². The maximum Gasteiger partial charge on any atom is 0.344 e. The van der Waals surface area contributed by atoms with Crippen LogP contribution in [0, 0.1) is 5.82 Å². The van der Waals surface area contributed by atoms with E-state index in [1.165, 1.54) is 35.6 Å². The molecule has 0 bridgehead atoms. The first kappa shape index (κ1) is 20.3. The van der Waals surface area contributed by atoms with Crippen LogP contribution in [0.5, 0.6) is 11.5 Å². The Morgan fingerprint density at radius 3 is 2.41 bits per heavy atom. The topological polar surface area (TPSA) is 86.8 Å². The molecule has 2 aromatic carbocycles. The lowest BCUT2D eigenvalue weighted by atomic mass is 10.2. The lowest BCUT2D eigenvalue weighted by molar-refractivity contribution is -0.149. The van der Waals surface area contributed by atoms with Gasteiger partial charge in [0.15, 0.2) is 18.3 Å². The lowest BCUT2D eigenvalue weighted by Gasteiger charge is -2.06. The molecule has 3 aromatic rings. The Morgan fingerprint density at radius 2 is 1.72 bits per heavy atom. The highest BCUT2D eigenvalue weighted by Gasteiger charge is 2.11. The molecule has 0 unspecified atom stereocenters. The van der Waals surface area contributed by atoms with E-state index in [0.29, 0.717) is 16.6 Å². The first-order valence-electron chi connectivity index (χ1n) is 8.47. The Labute approximate surface area is 170 Å². The molecule has 9 heteroatoms. The zero-order valence-corrected chi connectivity index (χ0v) is 16.2. The molecule has 150 valence electrons. The average molecular weight is 416 g/mol. The second-order valence-corrected chi connectivity index (χ2v) is 6.58. The van der Waals surface area contributed by atoms with Gasteiger partial charge in [-0.1, -0.05) is 0 Å². The first-order chi connectivity index (χ1) is 14.0. The number of aromatic nitrogens is 1. The van der Waals surface area contributed by atoms with E-state index < -0.39 is 30.9 Å². The van der Waals surface area contributed by atoms with Crippen molar-refractivity contribution in [2.24, 2.45) is 0 Å². The fourth-order valence-electron chi connectivity index (χ4n) is 2.24. The van der Waals surface area contributed by atoms with E-state index in [1.807, 2.05) is 24.3 Å². The number of carbonyl (C=O) groups is 2. The molecule has 0 spiro atoms. The third-order valence-electron chi connectivity index (χ3n) is 3.67. The van der Waals surface area contributed by atoms with Gasteiger partial charge in [0.1, 0.15) is 17.3 Å². The van der Waals surface area contributed by atoms with Gasteiger partial charge in [-0.05, 0) is 48.5 Å². The van der Waals surface area contributed by atoms with Gasteiger partial charge in [0.25, 0.3) is 5.91 Å². The predicted octanol–water partition coefficient (Wildman–Crippen LogP) is 3.52. The number of halogens is 1. The van der Waals surface area contributed by atoms with E-state index in [9.17, 15) is 14.0 Å². The molecule has 1 N–H and O–H groups in total. The molecule has 7 nitrogen and oxygen atoms in total. The van der Waals surface area contributed by atoms with Gasteiger partial charge in [-0.2, -0.15) is 0 Å². The third kappa shape index (κ3) is 6.01. The van der Waals surface area contributed by atoms with Crippen molar-refractivity contribution in [3.8, 4) is 22.8 Å². The van der Waals surface area contributed by atoms with Gasteiger partial charge < -0.3 is 14.2 Å². The number of nitrogens with zero attached hydrogens (tertiary/aromatic N) is 1. The molecule has 0 aliphatic carbocycles. The number of rotatable bonds is 8. The van der Waals surface area contributed by atoms with Crippen LogP contribution < -0.4 is 14.8 Å². The van der Waals surface area contributed by atoms with Gasteiger partial charge in [-0.3, -0.25) is 10.1 Å². The summed E-state index contributed by atoms with van der Waals surface area (Å²) in [5, 5.41) is 4.77. The average Bonchev–Trinajstić information content (AvgIpc) is 3.20. The summed E-state index contributed by atoms with van der Waals surface area (Å²) >= 11 is 1.26. The van der Waals surface area contributed by atoms with Gasteiger partial charge in [0, 0.05) is 10.9 Å². The summed E-state index contributed by atoms with van der Waals surface area (Å²) in [6.07, 6.45) is 0. The van der Waals surface area contributed by atoms with E-state index in [0.717, 1.165) is 11.3 Å². The van der Waals surface area contributed by atoms with E-state index in [2.05, 4.69) is 10.3 Å². The van der Waals surface area contributed by atoms with Crippen LogP contribution in [0.3, 0.4) is 0 Å². The number of nitrogens with one attached hydrogen (secondary N) is 1. The Bertz CT molecular complexity index is 973. The monoisotopic (exact) mass is 416 g/mol. The Morgan fingerprint density at radius 1 is 1.03 bits per heavy atom. The smallest absolute Gasteiger partial charge is 0.344 e. The molecule has 1 heterocycles. The number of amides is 1. The van der Waals surface area contributed by atoms with Crippen LogP contribution in [0.25, 0.3) is 11.3 Å². The Hall–Kier alpha value is -3.46. The SMILES string of the molecule is COc1ccc(-c2csc(NC(=O)COC(=O)COc3ccc(F)cc3)n2)cc1. The number of anilines is 1. The van der Waals surface area contributed by atoms with E-state index in [4.69, 9.17) is 14.2 Å². The molecular weight excluding hydrogens is 399 g/mol.